The molecule has 4 heteroatoms. The van der Waals surface area contributed by atoms with Crippen molar-refractivity contribution in [3.05, 3.63) is 0 Å². The molecule has 1 unspecified atom stereocenters. The summed E-state index contributed by atoms with van der Waals surface area (Å²) in [5.74, 6) is 0.864. The molecule has 1 aliphatic rings. The minimum Gasteiger partial charge on any atom is -0.344 e. The molecule has 0 saturated carbocycles. The Balaban J connectivity index is 2.73. The Labute approximate surface area is 99.0 Å². The fraction of sp³-hybridized carbons (Fsp3) is 0.917. The summed E-state index contributed by atoms with van der Waals surface area (Å²) < 4.78 is 0. The largest absolute Gasteiger partial charge is 0.344 e. The molecule has 0 aromatic heterocycles. The van der Waals surface area contributed by atoms with Crippen LogP contribution >= 0.6 is 0 Å². The molecule has 1 N–H and O–H groups in total. The fourth-order valence-electron chi connectivity index (χ4n) is 2.28. The normalized spacial score (nSPS) is 23.9. The van der Waals surface area contributed by atoms with E-state index in [1.54, 1.807) is 0 Å². The lowest BCUT2D eigenvalue weighted by Gasteiger charge is -2.30. The van der Waals surface area contributed by atoms with Crippen LogP contribution in [0.5, 0.6) is 0 Å². The second kappa shape index (κ2) is 6.21. The molecular weight excluding hydrogens is 202 g/mol. The molecule has 0 spiro atoms. The maximum absolute atomic E-state index is 12.2. The first-order valence-electron chi connectivity index (χ1n) is 6.20. The van der Waals surface area contributed by atoms with Gasteiger partial charge in [0.05, 0.1) is 0 Å². The van der Waals surface area contributed by atoms with Crippen molar-refractivity contribution >= 4 is 5.91 Å². The second-order valence-electron chi connectivity index (χ2n) is 5.08. The third-order valence-corrected chi connectivity index (χ3v) is 3.04. The van der Waals surface area contributed by atoms with Gasteiger partial charge in [-0.05, 0) is 19.4 Å². The molecule has 1 amide bonds. The number of nitrogens with one attached hydrogen (secondary N) is 1. The van der Waals surface area contributed by atoms with Gasteiger partial charge in [0.2, 0.25) is 5.91 Å². The van der Waals surface area contributed by atoms with E-state index >= 15 is 0 Å². The number of amides is 1. The number of nitrogens with zero attached hydrogens (tertiary/aromatic N) is 2. The highest BCUT2D eigenvalue weighted by Gasteiger charge is 2.30. The van der Waals surface area contributed by atoms with E-state index in [1.165, 1.54) is 0 Å². The van der Waals surface area contributed by atoms with E-state index in [2.05, 4.69) is 24.1 Å². The van der Waals surface area contributed by atoms with Gasteiger partial charge in [-0.15, -0.1) is 0 Å². The zero-order valence-electron chi connectivity index (χ0n) is 11.0. The summed E-state index contributed by atoms with van der Waals surface area (Å²) in [7, 11) is 3.82. The number of likely N-dealkylation sites (N-methyl/N-ethyl adjacent to an activating group) is 2. The molecule has 0 aromatic rings. The third kappa shape index (κ3) is 3.46. The van der Waals surface area contributed by atoms with Crippen molar-refractivity contribution in [1.29, 1.82) is 0 Å². The van der Waals surface area contributed by atoms with Crippen LogP contribution in [0.3, 0.4) is 0 Å². The van der Waals surface area contributed by atoms with Gasteiger partial charge in [0, 0.05) is 33.2 Å². The SMILES string of the molecule is CNCC1C(=O)N(C)CCCN1CC(C)C. The summed E-state index contributed by atoms with van der Waals surface area (Å²) in [6.45, 7) is 8.07. The Morgan fingerprint density at radius 3 is 2.69 bits per heavy atom. The first-order chi connectivity index (χ1) is 7.56. The van der Waals surface area contributed by atoms with Crippen molar-refractivity contribution in [3.63, 3.8) is 0 Å². The summed E-state index contributed by atoms with van der Waals surface area (Å²) in [6, 6.07) is 0.0138. The van der Waals surface area contributed by atoms with E-state index < -0.39 is 0 Å². The minimum atomic E-state index is 0.0138. The highest BCUT2D eigenvalue weighted by atomic mass is 16.2. The van der Waals surface area contributed by atoms with Crippen LogP contribution in [0.15, 0.2) is 0 Å². The van der Waals surface area contributed by atoms with Gasteiger partial charge in [0.25, 0.3) is 0 Å². The predicted molar refractivity (Wildman–Crippen MR) is 66.4 cm³/mol. The smallest absolute Gasteiger partial charge is 0.240 e. The quantitative estimate of drug-likeness (QED) is 0.755. The van der Waals surface area contributed by atoms with Gasteiger partial charge in [0.1, 0.15) is 6.04 Å². The van der Waals surface area contributed by atoms with Gasteiger partial charge in [-0.1, -0.05) is 13.8 Å². The number of rotatable bonds is 4. The van der Waals surface area contributed by atoms with Gasteiger partial charge in [0.15, 0.2) is 0 Å². The lowest BCUT2D eigenvalue weighted by molar-refractivity contribution is -0.134. The van der Waals surface area contributed by atoms with E-state index in [-0.39, 0.29) is 11.9 Å². The maximum Gasteiger partial charge on any atom is 0.240 e. The van der Waals surface area contributed by atoms with Crippen molar-refractivity contribution in [1.82, 2.24) is 15.1 Å². The Hall–Kier alpha value is -0.610. The average molecular weight is 227 g/mol. The van der Waals surface area contributed by atoms with Crippen LogP contribution in [-0.2, 0) is 4.79 Å². The summed E-state index contributed by atoms with van der Waals surface area (Å²) >= 11 is 0. The van der Waals surface area contributed by atoms with Gasteiger partial charge < -0.3 is 10.2 Å². The van der Waals surface area contributed by atoms with Crippen LogP contribution in [0, 0.1) is 5.92 Å². The molecule has 0 bridgehead atoms. The molecule has 4 nitrogen and oxygen atoms in total. The van der Waals surface area contributed by atoms with Gasteiger partial charge >= 0.3 is 0 Å². The highest BCUT2D eigenvalue weighted by molar-refractivity contribution is 5.82. The molecule has 1 fully saturated rings. The van der Waals surface area contributed by atoms with Crippen LogP contribution in [0.1, 0.15) is 20.3 Å². The molecule has 1 saturated heterocycles. The molecule has 94 valence electrons. The second-order valence-corrected chi connectivity index (χ2v) is 5.08. The van der Waals surface area contributed by atoms with Crippen LogP contribution in [0.4, 0.5) is 0 Å². The fourth-order valence-corrected chi connectivity index (χ4v) is 2.28. The molecule has 1 heterocycles. The number of hydrogen-bond donors (Lipinski definition) is 1. The lowest BCUT2D eigenvalue weighted by atomic mass is 10.1. The first kappa shape index (κ1) is 13.5. The van der Waals surface area contributed by atoms with E-state index in [0.29, 0.717) is 5.92 Å². The molecule has 1 atom stereocenters. The van der Waals surface area contributed by atoms with E-state index in [9.17, 15) is 4.79 Å². The molecule has 0 aromatic carbocycles. The Morgan fingerprint density at radius 2 is 2.12 bits per heavy atom. The van der Waals surface area contributed by atoms with Crippen molar-refractivity contribution in [3.8, 4) is 0 Å². The van der Waals surface area contributed by atoms with E-state index in [1.807, 2.05) is 19.0 Å². The molecule has 16 heavy (non-hydrogen) atoms. The molecule has 1 rings (SSSR count). The predicted octanol–water partition coefficient (Wildman–Crippen LogP) is 0.395. The Morgan fingerprint density at radius 1 is 1.44 bits per heavy atom. The Bertz CT molecular complexity index is 230. The average Bonchev–Trinajstić information content (AvgIpc) is 2.33. The van der Waals surface area contributed by atoms with Crippen molar-refractivity contribution in [2.45, 2.75) is 26.3 Å². The van der Waals surface area contributed by atoms with Crippen molar-refractivity contribution < 1.29 is 4.79 Å². The Kier molecular flexibility index (Phi) is 5.22. The van der Waals surface area contributed by atoms with Crippen LogP contribution in [-0.4, -0.2) is 62.0 Å². The number of carbonyl (C=O) groups excluding carboxylic acids is 1. The number of carbonyl (C=O) groups is 1. The number of hydrogen-bond acceptors (Lipinski definition) is 3. The van der Waals surface area contributed by atoms with Crippen molar-refractivity contribution in [2.75, 3.05) is 40.3 Å². The highest BCUT2D eigenvalue weighted by Crippen LogP contribution is 2.12. The summed E-state index contributed by atoms with van der Waals surface area (Å²) in [4.78, 5) is 16.4. The first-order valence-corrected chi connectivity index (χ1v) is 6.20. The van der Waals surface area contributed by atoms with Crippen LogP contribution in [0.25, 0.3) is 0 Å². The minimum absolute atomic E-state index is 0.0138. The monoisotopic (exact) mass is 227 g/mol. The van der Waals surface area contributed by atoms with Gasteiger partial charge in [-0.2, -0.15) is 0 Å². The molecule has 1 aliphatic heterocycles. The topological polar surface area (TPSA) is 35.6 Å². The van der Waals surface area contributed by atoms with E-state index in [4.69, 9.17) is 0 Å². The molecule has 0 radical (unpaired) electrons. The summed E-state index contributed by atoms with van der Waals surface area (Å²) in [6.07, 6.45) is 1.08. The molecule has 0 aliphatic carbocycles. The van der Waals surface area contributed by atoms with Gasteiger partial charge in [-0.3, -0.25) is 9.69 Å². The standard InChI is InChI=1S/C12H25N3O/c1-10(2)9-15-7-5-6-14(4)12(16)11(15)8-13-3/h10-11,13H,5-9H2,1-4H3. The molecular formula is C12H25N3O. The van der Waals surface area contributed by atoms with Crippen LogP contribution in [0.2, 0.25) is 0 Å². The van der Waals surface area contributed by atoms with Crippen molar-refractivity contribution in [2.24, 2.45) is 5.92 Å². The third-order valence-electron chi connectivity index (χ3n) is 3.04. The zero-order valence-corrected chi connectivity index (χ0v) is 11.0. The van der Waals surface area contributed by atoms with E-state index in [0.717, 1.165) is 32.6 Å². The summed E-state index contributed by atoms with van der Waals surface area (Å²) in [5, 5.41) is 3.13. The van der Waals surface area contributed by atoms with Crippen LogP contribution < -0.4 is 5.32 Å². The lowest BCUT2D eigenvalue weighted by Crippen LogP contribution is -2.50. The zero-order chi connectivity index (χ0) is 12.1. The van der Waals surface area contributed by atoms with Gasteiger partial charge in [-0.25, -0.2) is 0 Å². The summed E-state index contributed by atoms with van der Waals surface area (Å²) in [5.41, 5.74) is 0. The maximum atomic E-state index is 12.2.